The second-order valence-corrected chi connectivity index (χ2v) is 6.89. The van der Waals surface area contributed by atoms with E-state index in [4.69, 9.17) is 0 Å². The van der Waals surface area contributed by atoms with Crippen LogP contribution >= 0.6 is 24.0 Å². The monoisotopic (exact) mass is 518 g/mol. The molecule has 1 aliphatic rings. The van der Waals surface area contributed by atoms with Gasteiger partial charge in [-0.25, -0.2) is 9.98 Å². The van der Waals surface area contributed by atoms with Crippen molar-refractivity contribution in [1.82, 2.24) is 19.8 Å². The van der Waals surface area contributed by atoms with Crippen LogP contribution in [0.2, 0.25) is 0 Å². The summed E-state index contributed by atoms with van der Waals surface area (Å²) in [4.78, 5) is 13.1. The number of guanidine groups is 1. The number of anilines is 1. The largest absolute Gasteiger partial charge is 0.368 e. The molecule has 29 heavy (non-hydrogen) atoms. The molecule has 0 aliphatic carbocycles. The fraction of sp³-hybridized carbons (Fsp3) is 0.500. The lowest BCUT2D eigenvalue weighted by Gasteiger charge is -2.38. The van der Waals surface area contributed by atoms with Crippen molar-refractivity contribution in [2.45, 2.75) is 33.9 Å². The lowest BCUT2D eigenvalue weighted by molar-refractivity contribution is 0.0671. The predicted octanol–water partition coefficient (Wildman–Crippen LogP) is 3.80. The van der Waals surface area contributed by atoms with Crippen molar-refractivity contribution in [2.75, 3.05) is 37.6 Å². The summed E-state index contributed by atoms with van der Waals surface area (Å²) in [5, 5.41) is 3.27. The Balaban J connectivity index is 0.00000300. The minimum Gasteiger partial charge on any atom is -0.368 e. The van der Waals surface area contributed by atoms with Crippen LogP contribution in [-0.2, 0) is 6.54 Å². The van der Waals surface area contributed by atoms with E-state index in [1.807, 2.05) is 6.92 Å². The van der Waals surface area contributed by atoms with E-state index in [0.29, 0.717) is 0 Å². The minimum absolute atomic E-state index is 0. The average molecular weight is 518 g/mol. The molecule has 6 nitrogen and oxygen atoms in total. The molecule has 1 N–H and O–H groups in total. The van der Waals surface area contributed by atoms with Gasteiger partial charge < -0.3 is 15.1 Å². The molecule has 0 unspecified atom stereocenters. The lowest BCUT2D eigenvalue weighted by atomic mass is 10.1. The van der Waals surface area contributed by atoms with E-state index in [1.165, 1.54) is 29.2 Å². The molecule has 9 heteroatoms. The molecule has 0 spiro atoms. The van der Waals surface area contributed by atoms with Crippen molar-refractivity contribution < 1.29 is 8.78 Å². The van der Waals surface area contributed by atoms with Gasteiger partial charge in [0.25, 0.3) is 0 Å². The second kappa shape index (κ2) is 10.7. The van der Waals surface area contributed by atoms with Gasteiger partial charge in [-0.1, -0.05) is 12.1 Å². The maximum atomic E-state index is 13.0. The molecular weight excluding hydrogens is 489 g/mol. The van der Waals surface area contributed by atoms with E-state index in [0.717, 1.165) is 43.3 Å². The minimum atomic E-state index is -2.60. The molecule has 3 rings (SSSR count). The van der Waals surface area contributed by atoms with Crippen LogP contribution < -0.4 is 10.2 Å². The Morgan fingerprint density at radius 3 is 2.59 bits per heavy atom. The maximum Gasteiger partial charge on any atom is 0.319 e. The highest BCUT2D eigenvalue weighted by Gasteiger charge is 2.21. The van der Waals surface area contributed by atoms with Gasteiger partial charge in [0, 0.05) is 50.8 Å². The summed E-state index contributed by atoms with van der Waals surface area (Å²) in [6, 6.07) is 6.40. The second-order valence-electron chi connectivity index (χ2n) is 6.89. The number of aliphatic imine (C=N–C) groups is 1. The standard InChI is InChI=1S/C20H28F2N6.HI/c1-4-23-20(25-14-18-24-8-9-28(18)19(21)22)27-12-10-26(11-13-27)17-7-5-6-15(2)16(17)3;/h5-9,19H,4,10-14H2,1-3H3,(H,23,25);1H. The molecule has 1 fully saturated rings. The van der Waals surface area contributed by atoms with Crippen molar-refractivity contribution in [3.8, 4) is 0 Å². The molecule has 0 bridgehead atoms. The summed E-state index contributed by atoms with van der Waals surface area (Å²) in [6.07, 6.45) is 2.66. The molecule has 0 radical (unpaired) electrons. The van der Waals surface area contributed by atoms with E-state index < -0.39 is 6.55 Å². The molecule has 0 atom stereocenters. The van der Waals surface area contributed by atoms with Gasteiger partial charge in [-0.3, -0.25) is 4.57 Å². The van der Waals surface area contributed by atoms with Crippen molar-refractivity contribution in [1.29, 1.82) is 0 Å². The van der Waals surface area contributed by atoms with Crippen LogP contribution in [0.5, 0.6) is 0 Å². The van der Waals surface area contributed by atoms with Crippen molar-refractivity contribution >= 4 is 35.6 Å². The summed E-state index contributed by atoms with van der Waals surface area (Å²) in [5.74, 6) is 1.01. The zero-order chi connectivity index (χ0) is 20.1. The fourth-order valence-electron chi connectivity index (χ4n) is 3.45. The van der Waals surface area contributed by atoms with Crippen molar-refractivity contribution in [3.63, 3.8) is 0 Å². The fourth-order valence-corrected chi connectivity index (χ4v) is 3.45. The molecule has 2 aromatic rings. The summed E-state index contributed by atoms with van der Waals surface area (Å²) in [7, 11) is 0. The first kappa shape index (κ1) is 23.4. The van der Waals surface area contributed by atoms with Crippen molar-refractivity contribution in [3.05, 3.63) is 47.5 Å². The molecule has 1 saturated heterocycles. The van der Waals surface area contributed by atoms with Crippen LogP contribution in [0.25, 0.3) is 0 Å². The number of hydrogen-bond donors (Lipinski definition) is 1. The van der Waals surface area contributed by atoms with Gasteiger partial charge >= 0.3 is 6.55 Å². The van der Waals surface area contributed by atoms with Gasteiger partial charge in [0.15, 0.2) is 5.96 Å². The number of aryl methyl sites for hydroxylation is 1. The predicted molar refractivity (Wildman–Crippen MR) is 123 cm³/mol. The van der Waals surface area contributed by atoms with Crippen LogP contribution in [0.3, 0.4) is 0 Å². The maximum absolute atomic E-state index is 13.0. The summed E-state index contributed by atoms with van der Waals surface area (Å²) in [5.41, 5.74) is 3.89. The van der Waals surface area contributed by atoms with Crippen LogP contribution in [0.15, 0.2) is 35.6 Å². The molecular formula is C20H29F2IN6. The number of alkyl halides is 2. The normalized spacial score (nSPS) is 14.9. The highest BCUT2D eigenvalue weighted by atomic mass is 127. The Bertz CT molecular complexity index is 815. The molecule has 160 valence electrons. The first-order valence-corrected chi connectivity index (χ1v) is 9.65. The van der Waals surface area contributed by atoms with Gasteiger partial charge in [-0.2, -0.15) is 8.78 Å². The van der Waals surface area contributed by atoms with Crippen molar-refractivity contribution in [2.24, 2.45) is 4.99 Å². The molecule has 1 aromatic heterocycles. The smallest absolute Gasteiger partial charge is 0.319 e. The number of hydrogen-bond acceptors (Lipinski definition) is 3. The number of nitrogens with one attached hydrogen (secondary N) is 1. The van der Waals surface area contributed by atoms with Crippen LogP contribution in [0.4, 0.5) is 14.5 Å². The Morgan fingerprint density at radius 1 is 1.21 bits per heavy atom. The third-order valence-electron chi connectivity index (χ3n) is 5.16. The Kier molecular flexibility index (Phi) is 8.66. The van der Waals surface area contributed by atoms with Gasteiger partial charge in [-0.15, -0.1) is 24.0 Å². The van der Waals surface area contributed by atoms with Crippen LogP contribution in [0, 0.1) is 13.8 Å². The zero-order valence-corrected chi connectivity index (χ0v) is 19.4. The molecule has 0 saturated carbocycles. The van der Waals surface area contributed by atoms with E-state index >= 15 is 0 Å². The topological polar surface area (TPSA) is 48.7 Å². The summed E-state index contributed by atoms with van der Waals surface area (Å²) < 4.78 is 26.8. The highest BCUT2D eigenvalue weighted by Crippen LogP contribution is 2.24. The Hall–Kier alpha value is -1.91. The van der Waals surface area contributed by atoms with E-state index in [-0.39, 0.29) is 36.3 Å². The van der Waals surface area contributed by atoms with Gasteiger partial charge in [0.1, 0.15) is 12.4 Å². The quantitative estimate of drug-likeness (QED) is 0.372. The summed E-state index contributed by atoms with van der Waals surface area (Å²) >= 11 is 0. The number of rotatable bonds is 5. The number of benzene rings is 1. The zero-order valence-electron chi connectivity index (χ0n) is 17.1. The first-order valence-electron chi connectivity index (χ1n) is 9.65. The van der Waals surface area contributed by atoms with E-state index in [1.54, 1.807) is 0 Å². The van der Waals surface area contributed by atoms with E-state index in [2.05, 4.69) is 57.1 Å². The highest BCUT2D eigenvalue weighted by molar-refractivity contribution is 14.0. The molecule has 1 aliphatic heterocycles. The number of aromatic nitrogens is 2. The Labute approximate surface area is 188 Å². The third-order valence-corrected chi connectivity index (χ3v) is 5.16. The summed E-state index contributed by atoms with van der Waals surface area (Å²) in [6.45, 7) is 7.96. The van der Waals surface area contributed by atoms with Crippen LogP contribution in [0.1, 0.15) is 30.4 Å². The van der Waals surface area contributed by atoms with E-state index in [9.17, 15) is 8.78 Å². The molecule has 2 heterocycles. The number of piperazine rings is 1. The average Bonchev–Trinajstić information content (AvgIpc) is 3.16. The number of imidazole rings is 1. The van der Waals surface area contributed by atoms with Gasteiger partial charge in [-0.05, 0) is 38.0 Å². The SMILES string of the molecule is CCNC(=NCc1nccn1C(F)F)N1CCN(c2cccc(C)c2C)CC1.I. The van der Waals surface area contributed by atoms with Crippen LogP contribution in [-0.4, -0.2) is 53.1 Å². The molecule has 1 aromatic carbocycles. The van der Waals surface area contributed by atoms with Gasteiger partial charge in [0.2, 0.25) is 0 Å². The van der Waals surface area contributed by atoms with Gasteiger partial charge in [0.05, 0.1) is 0 Å². The Morgan fingerprint density at radius 2 is 1.93 bits per heavy atom. The first-order chi connectivity index (χ1) is 13.5. The third kappa shape index (κ3) is 5.58. The lowest BCUT2D eigenvalue weighted by Crippen LogP contribution is -2.52. The molecule has 0 amide bonds. The number of halogens is 3. The number of nitrogens with zero attached hydrogens (tertiary/aromatic N) is 5.